The number of carbonyl (C=O) groups excluding carboxylic acids is 1. The zero-order chi connectivity index (χ0) is 12.7. The van der Waals surface area contributed by atoms with E-state index in [1.54, 1.807) is 0 Å². The average molecular weight is 240 g/mol. The molecule has 3 heteroatoms. The molecule has 0 spiro atoms. The molecule has 0 N–H and O–H groups in total. The molecule has 0 aliphatic carbocycles. The third-order valence-electron chi connectivity index (χ3n) is 3.39. The van der Waals surface area contributed by atoms with Crippen LogP contribution in [0.5, 0.6) is 0 Å². The maximum absolute atomic E-state index is 11.9. The number of rotatable bonds is 6. The SMILES string of the molecule is CCCCCN1CCN(C(=O)CC(C)C)CC1. The highest BCUT2D eigenvalue weighted by molar-refractivity contribution is 5.76. The minimum Gasteiger partial charge on any atom is -0.340 e. The van der Waals surface area contributed by atoms with Crippen LogP contribution in [0.3, 0.4) is 0 Å². The zero-order valence-electron chi connectivity index (χ0n) is 11.7. The standard InChI is InChI=1S/C14H28N2O/c1-4-5-6-7-15-8-10-16(11-9-15)14(17)12-13(2)3/h13H,4-12H2,1-3H3. The van der Waals surface area contributed by atoms with Crippen LogP contribution in [0.2, 0.25) is 0 Å². The van der Waals surface area contributed by atoms with Crippen molar-refractivity contribution in [2.45, 2.75) is 46.5 Å². The number of piperazine rings is 1. The molecule has 1 rings (SSSR count). The first kappa shape index (κ1) is 14.5. The lowest BCUT2D eigenvalue weighted by molar-refractivity contribution is -0.133. The molecule has 17 heavy (non-hydrogen) atoms. The van der Waals surface area contributed by atoms with E-state index >= 15 is 0 Å². The molecule has 0 aromatic heterocycles. The highest BCUT2D eigenvalue weighted by Gasteiger charge is 2.20. The lowest BCUT2D eigenvalue weighted by atomic mass is 10.1. The van der Waals surface area contributed by atoms with Crippen LogP contribution in [-0.2, 0) is 4.79 Å². The van der Waals surface area contributed by atoms with Gasteiger partial charge < -0.3 is 4.90 Å². The van der Waals surface area contributed by atoms with E-state index in [2.05, 4.69) is 25.7 Å². The fourth-order valence-corrected chi connectivity index (χ4v) is 2.28. The summed E-state index contributed by atoms with van der Waals surface area (Å²) in [7, 11) is 0. The molecule has 1 aliphatic heterocycles. The number of unbranched alkanes of at least 4 members (excludes halogenated alkanes) is 2. The summed E-state index contributed by atoms with van der Waals surface area (Å²) in [6.45, 7) is 11.6. The normalized spacial score (nSPS) is 17.8. The fraction of sp³-hybridized carbons (Fsp3) is 0.929. The fourth-order valence-electron chi connectivity index (χ4n) is 2.28. The van der Waals surface area contributed by atoms with Crippen molar-refractivity contribution in [1.29, 1.82) is 0 Å². The number of carbonyl (C=O) groups is 1. The van der Waals surface area contributed by atoms with Crippen LogP contribution in [0, 0.1) is 5.92 Å². The monoisotopic (exact) mass is 240 g/mol. The molecule has 1 saturated heterocycles. The van der Waals surface area contributed by atoms with Crippen molar-refractivity contribution in [1.82, 2.24) is 9.80 Å². The molecule has 1 aliphatic rings. The van der Waals surface area contributed by atoms with Gasteiger partial charge >= 0.3 is 0 Å². The molecule has 1 fully saturated rings. The molecule has 1 amide bonds. The molecule has 0 aromatic carbocycles. The largest absolute Gasteiger partial charge is 0.340 e. The number of hydrogen-bond donors (Lipinski definition) is 0. The van der Waals surface area contributed by atoms with Crippen LogP contribution in [-0.4, -0.2) is 48.4 Å². The van der Waals surface area contributed by atoms with E-state index in [-0.39, 0.29) is 0 Å². The van der Waals surface area contributed by atoms with Gasteiger partial charge in [0.05, 0.1) is 0 Å². The van der Waals surface area contributed by atoms with Gasteiger partial charge in [0.15, 0.2) is 0 Å². The highest BCUT2D eigenvalue weighted by Crippen LogP contribution is 2.09. The molecule has 0 unspecified atom stereocenters. The first-order chi connectivity index (χ1) is 8.13. The van der Waals surface area contributed by atoms with Gasteiger partial charge in [-0.1, -0.05) is 33.6 Å². The van der Waals surface area contributed by atoms with Gasteiger partial charge in [0.2, 0.25) is 5.91 Å². The number of hydrogen-bond acceptors (Lipinski definition) is 2. The molecule has 0 saturated carbocycles. The molecule has 0 bridgehead atoms. The van der Waals surface area contributed by atoms with Crippen molar-refractivity contribution in [2.24, 2.45) is 5.92 Å². The first-order valence-electron chi connectivity index (χ1n) is 7.13. The molecular weight excluding hydrogens is 212 g/mol. The Bertz CT molecular complexity index is 220. The Morgan fingerprint density at radius 1 is 1.12 bits per heavy atom. The summed E-state index contributed by atoms with van der Waals surface area (Å²) in [6.07, 6.45) is 4.62. The van der Waals surface area contributed by atoms with Gasteiger partial charge in [-0.2, -0.15) is 0 Å². The van der Waals surface area contributed by atoms with Gasteiger partial charge in [0.1, 0.15) is 0 Å². The van der Waals surface area contributed by atoms with Crippen molar-refractivity contribution in [3.63, 3.8) is 0 Å². The minimum atomic E-state index is 0.341. The molecule has 0 aromatic rings. The maximum atomic E-state index is 11.9. The van der Waals surface area contributed by atoms with Gasteiger partial charge in [-0.15, -0.1) is 0 Å². The lowest BCUT2D eigenvalue weighted by Crippen LogP contribution is -2.49. The van der Waals surface area contributed by atoms with Gasteiger partial charge in [-0.05, 0) is 18.9 Å². The Hall–Kier alpha value is -0.570. The second kappa shape index (κ2) is 7.70. The van der Waals surface area contributed by atoms with Crippen LogP contribution in [0.4, 0.5) is 0 Å². The van der Waals surface area contributed by atoms with Crippen molar-refractivity contribution in [3.05, 3.63) is 0 Å². The Balaban J connectivity index is 2.18. The summed E-state index contributed by atoms with van der Waals surface area (Å²) in [6, 6.07) is 0. The van der Waals surface area contributed by atoms with Gasteiger partial charge in [-0.25, -0.2) is 0 Å². The lowest BCUT2D eigenvalue weighted by Gasteiger charge is -2.35. The van der Waals surface area contributed by atoms with Crippen LogP contribution in [0.15, 0.2) is 0 Å². The van der Waals surface area contributed by atoms with Gasteiger partial charge in [-0.3, -0.25) is 9.69 Å². The van der Waals surface area contributed by atoms with E-state index in [9.17, 15) is 4.79 Å². The van der Waals surface area contributed by atoms with E-state index in [0.29, 0.717) is 18.2 Å². The Morgan fingerprint density at radius 2 is 1.76 bits per heavy atom. The Morgan fingerprint density at radius 3 is 2.29 bits per heavy atom. The minimum absolute atomic E-state index is 0.341. The predicted octanol–water partition coefficient (Wildman–Crippen LogP) is 2.37. The summed E-state index contributed by atoms with van der Waals surface area (Å²) < 4.78 is 0. The molecule has 0 radical (unpaired) electrons. The van der Waals surface area contributed by atoms with Crippen LogP contribution in [0.1, 0.15) is 46.5 Å². The van der Waals surface area contributed by atoms with Crippen molar-refractivity contribution in [3.8, 4) is 0 Å². The third-order valence-corrected chi connectivity index (χ3v) is 3.39. The van der Waals surface area contributed by atoms with Gasteiger partial charge in [0, 0.05) is 32.6 Å². The molecular formula is C14H28N2O. The highest BCUT2D eigenvalue weighted by atomic mass is 16.2. The van der Waals surface area contributed by atoms with Crippen molar-refractivity contribution in [2.75, 3.05) is 32.7 Å². The summed E-state index contributed by atoms with van der Waals surface area (Å²) >= 11 is 0. The molecule has 1 heterocycles. The second-order valence-electron chi connectivity index (χ2n) is 5.53. The van der Waals surface area contributed by atoms with E-state index in [1.807, 2.05) is 4.90 Å². The summed E-state index contributed by atoms with van der Waals surface area (Å²) in [5, 5.41) is 0. The third kappa shape index (κ3) is 5.53. The summed E-state index contributed by atoms with van der Waals surface area (Å²) in [5.74, 6) is 0.818. The van der Waals surface area contributed by atoms with Crippen molar-refractivity contribution >= 4 is 5.91 Å². The first-order valence-corrected chi connectivity index (χ1v) is 7.13. The van der Waals surface area contributed by atoms with E-state index in [4.69, 9.17) is 0 Å². The smallest absolute Gasteiger partial charge is 0.222 e. The van der Waals surface area contributed by atoms with Crippen LogP contribution in [0.25, 0.3) is 0 Å². The Kier molecular flexibility index (Phi) is 6.56. The maximum Gasteiger partial charge on any atom is 0.222 e. The average Bonchev–Trinajstić information content (AvgIpc) is 2.29. The number of amides is 1. The molecule has 3 nitrogen and oxygen atoms in total. The predicted molar refractivity (Wildman–Crippen MR) is 72.0 cm³/mol. The van der Waals surface area contributed by atoms with Crippen molar-refractivity contribution < 1.29 is 4.79 Å². The van der Waals surface area contributed by atoms with Crippen LogP contribution >= 0.6 is 0 Å². The van der Waals surface area contributed by atoms with E-state index in [0.717, 1.165) is 26.2 Å². The van der Waals surface area contributed by atoms with E-state index in [1.165, 1.54) is 25.8 Å². The number of nitrogens with zero attached hydrogens (tertiary/aromatic N) is 2. The van der Waals surface area contributed by atoms with Gasteiger partial charge in [0.25, 0.3) is 0 Å². The molecule has 0 atom stereocenters. The second-order valence-corrected chi connectivity index (χ2v) is 5.53. The van der Waals surface area contributed by atoms with E-state index < -0.39 is 0 Å². The molecule has 100 valence electrons. The zero-order valence-corrected chi connectivity index (χ0v) is 11.7. The quantitative estimate of drug-likeness (QED) is 0.665. The Labute approximate surface area is 106 Å². The summed E-state index contributed by atoms with van der Waals surface area (Å²) in [5.41, 5.74) is 0. The topological polar surface area (TPSA) is 23.6 Å². The summed E-state index contributed by atoms with van der Waals surface area (Å²) in [4.78, 5) is 16.4. The van der Waals surface area contributed by atoms with Crippen LogP contribution < -0.4 is 0 Å².